The van der Waals surface area contributed by atoms with Crippen molar-refractivity contribution >= 4 is 29.2 Å². The maximum Gasteiger partial charge on any atom is 0.321 e. The first-order valence-corrected chi connectivity index (χ1v) is 5.78. The van der Waals surface area contributed by atoms with Gasteiger partial charge in [-0.25, -0.2) is 4.79 Å². The van der Waals surface area contributed by atoms with Gasteiger partial charge in [-0.05, 0) is 11.4 Å². The molecule has 92 valence electrons. The van der Waals surface area contributed by atoms with Crippen molar-refractivity contribution in [2.45, 2.75) is 19.4 Å². The molecule has 1 rings (SSSR count). The molecule has 0 saturated carbocycles. The summed E-state index contributed by atoms with van der Waals surface area (Å²) in [6, 6.07) is 3.10. The summed E-state index contributed by atoms with van der Waals surface area (Å²) in [5.41, 5.74) is 0. The quantitative estimate of drug-likeness (QED) is 0.730. The van der Waals surface area contributed by atoms with Crippen LogP contribution in [0.2, 0.25) is 0 Å². The fraction of sp³-hybridized carbons (Fsp3) is 0.300. The Kier molecular flexibility index (Phi) is 5.15. The zero-order chi connectivity index (χ0) is 12.7. The van der Waals surface area contributed by atoms with Gasteiger partial charge in [0, 0.05) is 11.3 Å². The van der Waals surface area contributed by atoms with Crippen LogP contribution in [0.15, 0.2) is 17.5 Å². The second-order valence-electron chi connectivity index (χ2n) is 3.20. The first kappa shape index (κ1) is 13.2. The molecule has 6 nitrogen and oxygen atoms in total. The Morgan fingerprint density at radius 2 is 2.06 bits per heavy atom. The number of thiophene rings is 1. The minimum absolute atomic E-state index is 0.207. The van der Waals surface area contributed by atoms with E-state index in [1.165, 1.54) is 11.3 Å². The lowest BCUT2D eigenvalue weighted by Gasteiger charge is -2.04. The zero-order valence-electron chi connectivity index (χ0n) is 8.93. The number of rotatable bonds is 5. The predicted octanol–water partition coefficient (Wildman–Crippen LogP) is 0.939. The lowest BCUT2D eigenvalue weighted by molar-refractivity contribution is -0.138. The minimum Gasteiger partial charge on any atom is -0.481 e. The number of amides is 3. The van der Waals surface area contributed by atoms with Crippen molar-refractivity contribution in [1.29, 1.82) is 0 Å². The molecule has 0 radical (unpaired) electrons. The van der Waals surface area contributed by atoms with E-state index in [4.69, 9.17) is 5.11 Å². The highest BCUT2D eigenvalue weighted by molar-refractivity contribution is 7.09. The molecule has 0 aromatic carbocycles. The molecule has 0 aliphatic carbocycles. The van der Waals surface area contributed by atoms with Gasteiger partial charge in [0.05, 0.1) is 13.0 Å². The van der Waals surface area contributed by atoms with Crippen molar-refractivity contribution in [3.8, 4) is 0 Å². The number of carbonyl (C=O) groups excluding carboxylic acids is 2. The average molecular weight is 256 g/mol. The SMILES string of the molecule is O=C(O)CCC(=O)NC(=O)NCc1cccs1. The first-order valence-electron chi connectivity index (χ1n) is 4.90. The largest absolute Gasteiger partial charge is 0.481 e. The molecule has 1 heterocycles. The van der Waals surface area contributed by atoms with Crippen LogP contribution in [-0.4, -0.2) is 23.0 Å². The van der Waals surface area contributed by atoms with Gasteiger partial charge in [0.1, 0.15) is 0 Å². The lowest BCUT2D eigenvalue weighted by Crippen LogP contribution is -2.39. The molecule has 0 aliphatic rings. The Morgan fingerprint density at radius 1 is 1.29 bits per heavy atom. The highest BCUT2D eigenvalue weighted by Crippen LogP contribution is 2.06. The maximum atomic E-state index is 11.2. The van der Waals surface area contributed by atoms with Gasteiger partial charge in [-0.1, -0.05) is 6.07 Å². The number of aliphatic carboxylic acids is 1. The van der Waals surface area contributed by atoms with Gasteiger partial charge in [0.25, 0.3) is 0 Å². The third kappa shape index (κ3) is 5.67. The van der Waals surface area contributed by atoms with Crippen molar-refractivity contribution in [2.75, 3.05) is 0 Å². The van der Waals surface area contributed by atoms with Crippen molar-refractivity contribution in [3.05, 3.63) is 22.4 Å². The molecular weight excluding hydrogens is 244 g/mol. The molecular formula is C10H12N2O4S. The summed E-state index contributed by atoms with van der Waals surface area (Å²) in [7, 11) is 0. The third-order valence-corrected chi connectivity index (χ3v) is 2.70. The van der Waals surface area contributed by atoms with Gasteiger partial charge < -0.3 is 10.4 Å². The van der Waals surface area contributed by atoms with Crippen LogP contribution < -0.4 is 10.6 Å². The molecule has 17 heavy (non-hydrogen) atoms. The molecule has 0 bridgehead atoms. The molecule has 0 aliphatic heterocycles. The van der Waals surface area contributed by atoms with E-state index < -0.39 is 17.9 Å². The number of carboxylic acid groups (broad SMARTS) is 1. The molecule has 0 spiro atoms. The number of hydrogen-bond donors (Lipinski definition) is 3. The van der Waals surface area contributed by atoms with E-state index in [2.05, 4.69) is 10.6 Å². The Hall–Kier alpha value is -1.89. The molecule has 1 aromatic rings. The fourth-order valence-corrected chi connectivity index (χ4v) is 1.68. The zero-order valence-corrected chi connectivity index (χ0v) is 9.75. The van der Waals surface area contributed by atoms with Crippen LogP contribution in [0.5, 0.6) is 0 Å². The molecule has 3 N–H and O–H groups in total. The monoisotopic (exact) mass is 256 g/mol. The molecule has 7 heteroatoms. The van der Waals surface area contributed by atoms with E-state index in [1.54, 1.807) is 0 Å². The topological polar surface area (TPSA) is 95.5 Å². The molecule has 1 aromatic heterocycles. The van der Waals surface area contributed by atoms with Crippen molar-refractivity contribution in [1.82, 2.24) is 10.6 Å². The summed E-state index contributed by atoms with van der Waals surface area (Å²) in [4.78, 5) is 33.5. The number of hydrogen-bond acceptors (Lipinski definition) is 4. The van der Waals surface area contributed by atoms with Gasteiger partial charge in [-0.2, -0.15) is 0 Å². The highest BCUT2D eigenvalue weighted by Gasteiger charge is 2.09. The summed E-state index contributed by atoms with van der Waals surface area (Å²) in [5.74, 6) is -1.67. The Balaban J connectivity index is 2.20. The molecule has 0 unspecified atom stereocenters. The summed E-state index contributed by atoms with van der Waals surface area (Å²) >= 11 is 1.49. The van der Waals surface area contributed by atoms with Gasteiger partial charge in [0.15, 0.2) is 0 Å². The Labute approximate surface area is 102 Å². The smallest absolute Gasteiger partial charge is 0.321 e. The maximum absolute atomic E-state index is 11.2. The van der Waals surface area contributed by atoms with Crippen LogP contribution >= 0.6 is 11.3 Å². The number of nitrogens with one attached hydrogen (secondary N) is 2. The van der Waals surface area contributed by atoms with E-state index in [0.29, 0.717) is 6.54 Å². The van der Waals surface area contributed by atoms with Gasteiger partial charge >= 0.3 is 12.0 Å². The first-order chi connectivity index (χ1) is 8.08. The lowest BCUT2D eigenvalue weighted by atomic mass is 10.3. The molecule has 0 saturated heterocycles. The predicted molar refractivity (Wildman–Crippen MR) is 61.6 cm³/mol. The van der Waals surface area contributed by atoms with Crippen molar-refractivity contribution < 1.29 is 19.5 Å². The van der Waals surface area contributed by atoms with Crippen molar-refractivity contribution in [2.24, 2.45) is 0 Å². The summed E-state index contributed by atoms with van der Waals surface area (Å²) < 4.78 is 0. The van der Waals surface area contributed by atoms with Crippen LogP contribution in [0.4, 0.5) is 4.79 Å². The standard InChI is InChI=1S/C10H12N2O4S/c13-8(3-4-9(14)15)12-10(16)11-6-7-2-1-5-17-7/h1-2,5H,3-4,6H2,(H,14,15)(H2,11,12,13,16). The third-order valence-electron chi connectivity index (χ3n) is 1.82. The highest BCUT2D eigenvalue weighted by atomic mass is 32.1. The number of imide groups is 1. The second kappa shape index (κ2) is 6.64. The van der Waals surface area contributed by atoms with Crippen LogP contribution in [-0.2, 0) is 16.1 Å². The van der Waals surface area contributed by atoms with E-state index in [0.717, 1.165) is 4.88 Å². The average Bonchev–Trinajstić information content (AvgIpc) is 2.76. The Morgan fingerprint density at radius 3 is 2.65 bits per heavy atom. The van der Waals surface area contributed by atoms with E-state index >= 15 is 0 Å². The Bertz CT molecular complexity index is 402. The fourth-order valence-electron chi connectivity index (χ4n) is 1.03. The number of urea groups is 1. The molecule has 0 fully saturated rings. The minimum atomic E-state index is -1.07. The van der Waals surface area contributed by atoms with E-state index in [9.17, 15) is 14.4 Å². The molecule has 3 amide bonds. The van der Waals surface area contributed by atoms with Crippen LogP contribution in [0.1, 0.15) is 17.7 Å². The van der Waals surface area contributed by atoms with Crippen LogP contribution in [0.3, 0.4) is 0 Å². The summed E-state index contributed by atoms with van der Waals surface area (Å²) in [6.45, 7) is 0.343. The van der Waals surface area contributed by atoms with Gasteiger partial charge in [-0.15, -0.1) is 11.3 Å². The summed E-state index contributed by atoms with van der Waals surface area (Å²) in [5, 5.41) is 14.8. The van der Waals surface area contributed by atoms with Crippen LogP contribution in [0, 0.1) is 0 Å². The second-order valence-corrected chi connectivity index (χ2v) is 4.24. The summed E-state index contributed by atoms with van der Waals surface area (Å²) in [6.07, 6.45) is -0.494. The number of carbonyl (C=O) groups is 3. The van der Waals surface area contributed by atoms with Crippen LogP contribution in [0.25, 0.3) is 0 Å². The van der Waals surface area contributed by atoms with E-state index in [-0.39, 0.29) is 12.8 Å². The molecule has 0 atom stereocenters. The number of carboxylic acids is 1. The normalized spacial score (nSPS) is 9.65. The van der Waals surface area contributed by atoms with Gasteiger partial charge in [0.2, 0.25) is 5.91 Å². The van der Waals surface area contributed by atoms with E-state index in [1.807, 2.05) is 17.5 Å². The van der Waals surface area contributed by atoms with Crippen molar-refractivity contribution in [3.63, 3.8) is 0 Å². The van der Waals surface area contributed by atoms with Gasteiger partial charge in [-0.3, -0.25) is 14.9 Å².